The van der Waals surface area contributed by atoms with Gasteiger partial charge in [-0.05, 0) is 45.7 Å². The molecule has 0 aliphatic rings. The minimum atomic E-state index is -0.223. The van der Waals surface area contributed by atoms with Gasteiger partial charge < -0.3 is 4.74 Å². The first kappa shape index (κ1) is 15.2. The van der Waals surface area contributed by atoms with Crippen LogP contribution in [0.3, 0.4) is 0 Å². The molecule has 1 heterocycles. The van der Waals surface area contributed by atoms with Gasteiger partial charge in [0.15, 0.2) is 0 Å². The Labute approximate surface area is 114 Å². The number of rotatable bonds is 6. The average Bonchev–Trinajstić information content (AvgIpc) is 2.65. The van der Waals surface area contributed by atoms with Gasteiger partial charge in [-0.3, -0.25) is 10.1 Å². The molecule has 0 aliphatic carbocycles. The van der Waals surface area contributed by atoms with Crippen LogP contribution < -0.4 is 5.32 Å². The third-order valence-corrected chi connectivity index (χ3v) is 3.96. The molecule has 0 fully saturated rings. The predicted molar refractivity (Wildman–Crippen MR) is 76.1 cm³/mol. The largest absolute Gasteiger partial charge is 0.465 e. The van der Waals surface area contributed by atoms with Gasteiger partial charge in [0, 0.05) is 15.8 Å². The maximum Gasteiger partial charge on any atom is 0.323 e. The summed E-state index contributed by atoms with van der Waals surface area (Å²) in [6, 6.07) is 2.14. The Morgan fingerprint density at radius 1 is 1.44 bits per heavy atom. The number of thiophene rings is 1. The van der Waals surface area contributed by atoms with E-state index in [1.807, 2.05) is 13.8 Å². The van der Waals surface area contributed by atoms with Crippen LogP contribution in [0, 0.1) is 13.8 Å². The third kappa shape index (κ3) is 3.82. The highest BCUT2D eigenvalue weighted by atomic mass is 32.1. The lowest BCUT2D eigenvalue weighted by molar-refractivity contribution is -0.146. The van der Waals surface area contributed by atoms with Crippen molar-refractivity contribution in [3.8, 4) is 0 Å². The molecule has 1 aromatic heterocycles. The number of esters is 1. The smallest absolute Gasteiger partial charge is 0.323 e. The van der Waals surface area contributed by atoms with Crippen molar-refractivity contribution in [3.05, 3.63) is 21.4 Å². The Morgan fingerprint density at radius 2 is 2.11 bits per heavy atom. The molecule has 0 radical (unpaired) electrons. The van der Waals surface area contributed by atoms with E-state index in [9.17, 15) is 4.79 Å². The average molecular weight is 269 g/mol. The second kappa shape index (κ2) is 6.90. The van der Waals surface area contributed by atoms with E-state index in [0.29, 0.717) is 6.61 Å². The highest BCUT2D eigenvalue weighted by Crippen LogP contribution is 2.26. The number of carbonyl (C=O) groups is 1. The zero-order chi connectivity index (χ0) is 13.7. The molecule has 0 bridgehead atoms. The van der Waals surface area contributed by atoms with Crippen molar-refractivity contribution in [2.24, 2.45) is 0 Å². The number of hydrogen-bond donors (Lipinski definition) is 1. The number of carbonyl (C=O) groups excluding carboxylic acids is 1. The monoisotopic (exact) mass is 269 g/mol. The molecule has 1 N–H and O–H groups in total. The highest BCUT2D eigenvalue weighted by molar-refractivity contribution is 7.12. The van der Waals surface area contributed by atoms with E-state index in [1.54, 1.807) is 11.3 Å². The van der Waals surface area contributed by atoms with E-state index >= 15 is 0 Å². The Bertz CT molecular complexity index is 400. The summed E-state index contributed by atoms with van der Waals surface area (Å²) in [4.78, 5) is 14.4. The van der Waals surface area contributed by atoms with Gasteiger partial charge in [-0.2, -0.15) is 0 Å². The zero-order valence-electron chi connectivity index (χ0n) is 11.9. The Kier molecular flexibility index (Phi) is 5.82. The van der Waals surface area contributed by atoms with Gasteiger partial charge in [0.05, 0.1) is 6.61 Å². The molecule has 2 unspecified atom stereocenters. The van der Waals surface area contributed by atoms with E-state index in [-0.39, 0.29) is 18.1 Å². The number of aryl methyl sites for hydroxylation is 2. The molecule has 0 aliphatic heterocycles. The molecule has 0 saturated carbocycles. The molecular formula is C14H23NO2S. The minimum Gasteiger partial charge on any atom is -0.465 e. The van der Waals surface area contributed by atoms with Gasteiger partial charge in [-0.15, -0.1) is 11.3 Å². The van der Waals surface area contributed by atoms with Crippen LogP contribution in [0.15, 0.2) is 6.07 Å². The number of ether oxygens (including phenoxy) is 1. The van der Waals surface area contributed by atoms with Crippen molar-refractivity contribution < 1.29 is 9.53 Å². The second-order valence-electron chi connectivity index (χ2n) is 4.47. The van der Waals surface area contributed by atoms with E-state index in [4.69, 9.17) is 4.74 Å². The van der Waals surface area contributed by atoms with Crippen molar-refractivity contribution in [1.29, 1.82) is 0 Å². The van der Waals surface area contributed by atoms with Gasteiger partial charge in [-0.1, -0.05) is 6.92 Å². The topological polar surface area (TPSA) is 38.3 Å². The Hall–Kier alpha value is -0.870. The predicted octanol–water partition coefficient (Wildman–Crippen LogP) is 3.36. The number of hydrogen-bond acceptors (Lipinski definition) is 4. The van der Waals surface area contributed by atoms with Crippen LogP contribution in [-0.4, -0.2) is 18.6 Å². The normalized spacial score (nSPS) is 14.3. The van der Waals surface area contributed by atoms with Crippen molar-refractivity contribution in [3.63, 3.8) is 0 Å². The van der Waals surface area contributed by atoms with Crippen LogP contribution in [0.2, 0.25) is 0 Å². The molecule has 4 heteroatoms. The standard InChI is InChI=1S/C14H23NO2S/c1-6-13(14(16)17-7-2)15-10(4)12-8-9(3)18-11(12)5/h8,10,13,15H,6-7H2,1-5H3. The molecule has 1 aromatic rings. The van der Waals surface area contributed by atoms with Crippen molar-refractivity contribution >= 4 is 17.3 Å². The fourth-order valence-electron chi connectivity index (χ4n) is 2.07. The Morgan fingerprint density at radius 3 is 2.56 bits per heavy atom. The molecule has 0 saturated heterocycles. The SMILES string of the molecule is CCOC(=O)C(CC)NC(C)c1cc(C)sc1C. The highest BCUT2D eigenvalue weighted by Gasteiger charge is 2.21. The molecule has 2 atom stereocenters. The lowest BCUT2D eigenvalue weighted by Gasteiger charge is -2.21. The van der Waals surface area contributed by atoms with Crippen LogP contribution in [0.1, 0.15) is 48.6 Å². The second-order valence-corrected chi connectivity index (χ2v) is 5.93. The van der Waals surface area contributed by atoms with Gasteiger partial charge in [0.1, 0.15) is 6.04 Å². The maximum absolute atomic E-state index is 11.7. The quantitative estimate of drug-likeness (QED) is 0.805. The van der Waals surface area contributed by atoms with Crippen LogP contribution >= 0.6 is 11.3 Å². The summed E-state index contributed by atoms with van der Waals surface area (Å²) in [5.74, 6) is -0.156. The van der Waals surface area contributed by atoms with E-state index in [0.717, 1.165) is 6.42 Å². The van der Waals surface area contributed by atoms with Crippen molar-refractivity contribution in [2.45, 2.75) is 53.1 Å². The molecule has 18 heavy (non-hydrogen) atoms. The summed E-state index contributed by atoms with van der Waals surface area (Å²) in [6.07, 6.45) is 0.741. The molecule has 0 spiro atoms. The fraction of sp³-hybridized carbons (Fsp3) is 0.643. The summed E-state index contributed by atoms with van der Waals surface area (Å²) in [6.45, 7) is 10.6. The summed E-state index contributed by atoms with van der Waals surface area (Å²) in [5.41, 5.74) is 1.28. The molecule has 0 aromatic carbocycles. The minimum absolute atomic E-state index is 0.156. The summed E-state index contributed by atoms with van der Waals surface area (Å²) in [7, 11) is 0. The lowest BCUT2D eigenvalue weighted by Crippen LogP contribution is -2.39. The number of nitrogens with one attached hydrogen (secondary N) is 1. The van der Waals surface area contributed by atoms with Crippen molar-refractivity contribution in [2.75, 3.05) is 6.61 Å². The molecule has 102 valence electrons. The van der Waals surface area contributed by atoms with Crippen LogP contribution in [0.4, 0.5) is 0 Å². The Balaban J connectivity index is 2.70. The summed E-state index contributed by atoms with van der Waals surface area (Å²) < 4.78 is 5.07. The molecular weight excluding hydrogens is 246 g/mol. The summed E-state index contributed by atoms with van der Waals surface area (Å²) >= 11 is 1.79. The third-order valence-electron chi connectivity index (χ3n) is 2.98. The molecule has 0 amide bonds. The maximum atomic E-state index is 11.7. The first-order valence-corrected chi connectivity index (χ1v) is 7.30. The van der Waals surface area contributed by atoms with Crippen LogP contribution in [-0.2, 0) is 9.53 Å². The first-order chi connectivity index (χ1) is 8.49. The molecule has 3 nitrogen and oxygen atoms in total. The van der Waals surface area contributed by atoms with E-state index in [2.05, 4.69) is 32.2 Å². The van der Waals surface area contributed by atoms with Crippen LogP contribution in [0.5, 0.6) is 0 Å². The fourth-order valence-corrected chi connectivity index (χ4v) is 3.09. The van der Waals surface area contributed by atoms with E-state index < -0.39 is 0 Å². The van der Waals surface area contributed by atoms with Gasteiger partial charge in [0.25, 0.3) is 0 Å². The zero-order valence-corrected chi connectivity index (χ0v) is 12.7. The van der Waals surface area contributed by atoms with E-state index in [1.165, 1.54) is 15.3 Å². The van der Waals surface area contributed by atoms with Gasteiger partial charge >= 0.3 is 5.97 Å². The summed E-state index contributed by atoms with van der Waals surface area (Å²) in [5, 5.41) is 3.35. The van der Waals surface area contributed by atoms with Gasteiger partial charge in [-0.25, -0.2) is 0 Å². The van der Waals surface area contributed by atoms with Crippen LogP contribution in [0.25, 0.3) is 0 Å². The lowest BCUT2D eigenvalue weighted by atomic mass is 10.1. The van der Waals surface area contributed by atoms with Crippen molar-refractivity contribution in [1.82, 2.24) is 5.32 Å². The molecule has 1 rings (SSSR count). The van der Waals surface area contributed by atoms with Gasteiger partial charge in [0.2, 0.25) is 0 Å². The first-order valence-electron chi connectivity index (χ1n) is 6.49.